The van der Waals surface area contributed by atoms with Gasteiger partial charge in [0.15, 0.2) is 29.7 Å². The standard InChI is InChI=1S/C21H27N3O11S2/c1-11(25)31-10-16-17(32-12(2)26)18(33-13(3)27)19(34-14(4)28)20(35-16)22-21(36)23-24-37(29,30)15-8-6-5-7-9-15/h5-9,16-20,24H,10H2,1-4H3,(H2,22,23,36)/t16-,17-,18+,19-,20-/m1/s1. The van der Waals surface area contributed by atoms with Crippen molar-refractivity contribution in [1.29, 1.82) is 0 Å². The summed E-state index contributed by atoms with van der Waals surface area (Å²) in [4.78, 5) is 48.9. The lowest BCUT2D eigenvalue weighted by atomic mass is 9.97. The van der Waals surface area contributed by atoms with E-state index in [0.717, 1.165) is 27.7 Å². The summed E-state index contributed by atoms with van der Waals surface area (Å²) in [5.74, 6) is -3.06. The Morgan fingerprint density at radius 3 is 1.95 bits per heavy atom. The molecule has 1 aromatic carbocycles. The van der Waals surface area contributed by atoms with Crippen molar-refractivity contribution < 1.29 is 51.3 Å². The number of carbonyl (C=O) groups excluding carboxylic acids is 4. The van der Waals surface area contributed by atoms with E-state index in [1.807, 2.05) is 0 Å². The van der Waals surface area contributed by atoms with Gasteiger partial charge in [-0.3, -0.25) is 24.6 Å². The van der Waals surface area contributed by atoms with Gasteiger partial charge in [-0.1, -0.05) is 18.2 Å². The highest BCUT2D eigenvalue weighted by Crippen LogP contribution is 2.28. The van der Waals surface area contributed by atoms with Crippen molar-refractivity contribution in [3.05, 3.63) is 30.3 Å². The zero-order valence-electron chi connectivity index (χ0n) is 20.3. The molecule has 37 heavy (non-hydrogen) atoms. The average molecular weight is 562 g/mol. The Morgan fingerprint density at radius 2 is 1.41 bits per heavy atom. The molecule has 204 valence electrons. The smallest absolute Gasteiger partial charge is 0.303 e. The predicted octanol–water partition coefficient (Wildman–Crippen LogP) is -0.573. The third-order valence-corrected chi connectivity index (χ3v) is 6.10. The van der Waals surface area contributed by atoms with Crippen molar-refractivity contribution in [3.8, 4) is 0 Å². The normalized spacial score (nSPS) is 23.2. The molecule has 0 radical (unpaired) electrons. The third kappa shape index (κ3) is 9.23. The number of carbonyl (C=O) groups is 4. The van der Waals surface area contributed by atoms with Gasteiger partial charge in [-0.15, -0.1) is 4.83 Å². The Hall–Kier alpha value is -3.34. The number of ether oxygens (including phenoxy) is 5. The molecule has 0 saturated carbocycles. The molecule has 0 bridgehead atoms. The molecule has 16 heteroatoms. The lowest BCUT2D eigenvalue weighted by Crippen LogP contribution is -2.67. The molecule has 0 aliphatic carbocycles. The van der Waals surface area contributed by atoms with Crippen molar-refractivity contribution in [3.63, 3.8) is 0 Å². The largest absolute Gasteiger partial charge is 0.463 e. The fourth-order valence-corrected chi connectivity index (χ4v) is 4.38. The maximum absolute atomic E-state index is 12.4. The van der Waals surface area contributed by atoms with Crippen LogP contribution in [0, 0.1) is 0 Å². The van der Waals surface area contributed by atoms with Gasteiger partial charge in [-0.2, -0.15) is 0 Å². The number of hydrogen-bond donors (Lipinski definition) is 3. The molecule has 1 aliphatic heterocycles. The van der Waals surface area contributed by atoms with Crippen LogP contribution in [0.5, 0.6) is 0 Å². The Bertz CT molecular complexity index is 1110. The molecule has 1 heterocycles. The lowest BCUT2D eigenvalue weighted by molar-refractivity contribution is -0.254. The number of sulfonamides is 1. The first-order valence-corrected chi connectivity index (χ1v) is 12.6. The van der Waals surface area contributed by atoms with Crippen molar-refractivity contribution in [1.82, 2.24) is 15.6 Å². The summed E-state index contributed by atoms with van der Waals surface area (Å²) in [7, 11) is -4.01. The van der Waals surface area contributed by atoms with Crippen LogP contribution in [0.2, 0.25) is 0 Å². The number of esters is 4. The summed E-state index contributed by atoms with van der Waals surface area (Å²) in [6.07, 6.45) is -6.76. The minimum atomic E-state index is -4.01. The first-order valence-electron chi connectivity index (χ1n) is 10.7. The zero-order valence-corrected chi connectivity index (χ0v) is 21.9. The number of hydrogen-bond acceptors (Lipinski definition) is 12. The quantitative estimate of drug-likeness (QED) is 0.151. The average Bonchev–Trinajstić information content (AvgIpc) is 2.80. The van der Waals surface area contributed by atoms with Crippen LogP contribution < -0.4 is 15.6 Å². The van der Waals surface area contributed by atoms with Crippen LogP contribution in [0.1, 0.15) is 27.7 Å². The lowest BCUT2D eigenvalue weighted by Gasteiger charge is -2.44. The van der Waals surface area contributed by atoms with Crippen molar-refractivity contribution in [2.24, 2.45) is 0 Å². The van der Waals surface area contributed by atoms with Crippen LogP contribution in [-0.2, 0) is 52.9 Å². The number of hydrazine groups is 1. The molecular formula is C21H27N3O11S2. The molecule has 1 aliphatic rings. The van der Waals surface area contributed by atoms with Gasteiger partial charge in [0.05, 0.1) is 4.90 Å². The molecule has 1 saturated heterocycles. The maximum atomic E-state index is 12.4. The summed E-state index contributed by atoms with van der Waals surface area (Å²) in [5, 5.41) is 2.30. The molecule has 14 nitrogen and oxygen atoms in total. The highest BCUT2D eigenvalue weighted by Gasteiger charge is 2.52. The van der Waals surface area contributed by atoms with Crippen LogP contribution in [0.15, 0.2) is 35.2 Å². The van der Waals surface area contributed by atoms with Gasteiger partial charge in [-0.25, -0.2) is 8.42 Å². The minimum absolute atomic E-state index is 0.0439. The molecular weight excluding hydrogens is 534 g/mol. The molecule has 2 rings (SSSR count). The second kappa shape index (κ2) is 13.3. The van der Waals surface area contributed by atoms with E-state index in [9.17, 15) is 27.6 Å². The Morgan fingerprint density at radius 1 is 0.865 bits per heavy atom. The molecule has 0 aromatic heterocycles. The summed E-state index contributed by atoms with van der Waals surface area (Å²) in [6.45, 7) is 3.97. The molecule has 5 atom stereocenters. The van der Waals surface area contributed by atoms with Crippen molar-refractivity contribution in [2.75, 3.05) is 6.61 Å². The van der Waals surface area contributed by atoms with Crippen LogP contribution in [0.25, 0.3) is 0 Å². The summed E-state index contributed by atoms with van der Waals surface area (Å²) >= 11 is 5.14. The first kappa shape index (κ1) is 29.9. The van der Waals surface area contributed by atoms with Crippen LogP contribution >= 0.6 is 12.2 Å². The van der Waals surface area contributed by atoms with Gasteiger partial charge in [0.2, 0.25) is 0 Å². The Balaban J connectivity index is 2.30. The van der Waals surface area contributed by atoms with Gasteiger partial charge in [0.25, 0.3) is 10.0 Å². The molecule has 0 spiro atoms. The van der Waals surface area contributed by atoms with Crippen LogP contribution in [0.3, 0.4) is 0 Å². The summed E-state index contributed by atoms with van der Waals surface area (Å²) < 4.78 is 51.6. The second-order valence-corrected chi connectivity index (χ2v) is 9.73. The van der Waals surface area contributed by atoms with Crippen molar-refractivity contribution in [2.45, 2.75) is 63.2 Å². The van der Waals surface area contributed by atoms with E-state index in [4.69, 9.17) is 35.9 Å². The summed E-state index contributed by atoms with van der Waals surface area (Å²) in [6, 6.07) is 7.42. The van der Waals surface area contributed by atoms with E-state index in [1.54, 1.807) is 6.07 Å². The number of benzene rings is 1. The molecule has 3 N–H and O–H groups in total. The first-order chi connectivity index (χ1) is 17.3. The molecule has 1 aromatic rings. The van der Waals surface area contributed by atoms with Crippen molar-refractivity contribution >= 4 is 51.2 Å². The van der Waals surface area contributed by atoms with Gasteiger partial charge < -0.3 is 29.0 Å². The SMILES string of the molecule is CC(=O)OC[C@H]1O[C@@H](NC(=S)NNS(=O)(=O)c2ccccc2)[C@H](OC(C)=O)[C@@H](OC(C)=O)[C@@H]1OC(C)=O. The van der Waals surface area contributed by atoms with E-state index >= 15 is 0 Å². The Labute approximate surface area is 218 Å². The minimum Gasteiger partial charge on any atom is -0.463 e. The molecule has 0 unspecified atom stereocenters. The van der Waals surface area contributed by atoms with Gasteiger partial charge >= 0.3 is 23.9 Å². The van der Waals surface area contributed by atoms with E-state index in [2.05, 4.69) is 15.6 Å². The molecule has 0 amide bonds. The van der Waals surface area contributed by atoms with E-state index in [0.29, 0.717) is 0 Å². The number of rotatable bonds is 9. The zero-order chi connectivity index (χ0) is 27.8. The summed E-state index contributed by atoms with van der Waals surface area (Å²) in [5.41, 5.74) is 2.29. The molecule has 1 fully saturated rings. The van der Waals surface area contributed by atoms with Gasteiger partial charge in [0, 0.05) is 27.7 Å². The monoisotopic (exact) mass is 561 g/mol. The van der Waals surface area contributed by atoms with Gasteiger partial charge in [0.1, 0.15) is 12.7 Å². The fraction of sp³-hybridized carbons (Fsp3) is 0.476. The van der Waals surface area contributed by atoms with Crippen LogP contribution in [-0.4, -0.2) is 74.7 Å². The number of nitrogens with one attached hydrogen (secondary N) is 3. The fourth-order valence-electron chi connectivity index (χ4n) is 3.28. The highest BCUT2D eigenvalue weighted by molar-refractivity contribution is 7.89. The van der Waals surface area contributed by atoms with E-state index < -0.39 is 71.2 Å². The predicted molar refractivity (Wildman–Crippen MR) is 128 cm³/mol. The van der Waals surface area contributed by atoms with E-state index in [-0.39, 0.29) is 10.0 Å². The topological polar surface area (TPSA) is 185 Å². The van der Waals surface area contributed by atoms with Gasteiger partial charge in [-0.05, 0) is 24.4 Å². The van der Waals surface area contributed by atoms with Crippen LogP contribution in [0.4, 0.5) is 0 Å². The number of thiocarbonyl (C=S) groups is 1. The van der Waals surface area contributed by atoms with E-state index in [1.165, 1.54) is 24.3 Å². The maximum Gasteiger partial charge on any atom is 0.303 e. The third-order valence-electron chi connectivity index (χ3n) is 4.62. The highest BCUT2D eigenvalue weighted by atomic mass is 32.2. The second-order valence-electron chi connectivity index (χ2n) is 7.64. The Kier molecular flexibility index (Phi) is 10.7.